The Hall–Kier alpha value is -2.02. The van der Waals surface area contributed by atoms with Gasteiger partial charge in [0, 0.05) is 42.0 Å². The number of ether oxygens (including phenoxy) is 1. The van der Waals surface area contributed by atoms with Crippen LogP contribution in [0.2, 0.25) is 0 Å². The Labute approximate surface area is 201 Å². The zero-order valence-electron chi connectivity index (χ0n) is 18.6. The number of unbranched alkanes of at least 4 members (excludes halogenated alkanes) is 3. The van der Waals surface area contributed by atoms with Crippen LogP contribution < -0.4 is 4.74 Å². The molecule has 0 saturated carbocycles. The van der Waals surface area contributed by atoms with Crippen molar-refractivity contribution >= 4 is 41.0 Å². The monoisotopic (exact) mass is 534 g/mol. The molecule has 0 amide bonds. The van der Waals surface area contributed by atoms with Crippen molar-refractivity contribution in [3.8, 4) is 5.75 Å². The molecule has 3 nitrogen and oxygen atoms in total. The third-order valence-electron chi connectivity index (χ3n) is 6.20. The molecule has 5 heteroatoms. The first-order chi connectivity index (χ1) is 14.6. The second-order valence-corrected chi connectivity index (χ2v) is 8.18. The van der Waals surface area contributed by atoms with Crippen molar-refractivity contribution < 1.29 is 9.13 Å². The minimum Gasteiger partial charge on any atom is -0.497 e. The molecular weight excluding hydrogens is 502 g/mol. The first-order valence-corrected chi connectivity index (χ1v) is 11.0. The summed E-state index contributed by atoms with van der Waals surface area (Å²) in [6.07, 6.45) is 9.54. The number of nitrogens with zero attached hydrogens (tertiary/aromatic N) is 2. The fourth-order valence-corrected chi connectivity index (χ4v) is 4.52. The van der Waals surface area contributed by atoms with Crippen LogP contribution in [0.1, 0.15) is 62.4 Å². The zero-order chi connectivity index (χ0) is 21.1. The molecule has 0 spiro atoms. The van der Waals surface area contributed by atoms with Gasteiger partial charge in [-0.2, -0.15) is 0 Å². The van der Waals surface area contributed by atoms with E-state index in [-0.39, 0.29) is 35.8 Å². The lowest BCUT2D eigenvalue weighted by Crippen LogP contribution is -2.27. The largest absolute Gasteiger partial charge is 0.497 e. The Morgan fingerprint density at radius 3 is 2.52 bits per heavy atom. The molecular formula is C26H32FIN2O. The lowest BCUT2D eigenvalue weighted by molar-refractivity contribution is 0.278. The number of benzene rings is 2. The van der Waals surface area contributed by atoms with Gasteiger partial charge in [0.1, 0.15) is 11.6 Å². The first-order valence-electron chi connectivity index (χ1n) is 11.0. The molecule has 2 heterocycles. The fraction of sp³-hybridized carbons (Fsp3) is 0.385. The van der Waals surface area contributed by atoms with Crippen molar-refractivity contribution in [2.24, 2.45) is 0 Å². The second-order valence-electron chi connectivity index (χ2n) is 8.18. The van der Waals surface area contributed by atoms with Gasteiger partial charge in [-0.25, -0.2) is 4.39 Å². The number of halogens is 2. The number of hydrogen-bond acceptors (Lipinski definition) is 2. The maximum atomic E-state index is 13.4. The van der Waals surface area contributed by atoms with Gasteiger partial charge >= 0.3 is 0 Å². The van der Waals surface area contributed by atoms with Crippen LogP contribution >= 0.6 is 24.0 Å². The molecule has 31 heavy (non-hydrogen) atoms. The highest BCUT2D eigenvalue weighted by Gasteiger charge is 2.26. The molecule has 0 bridgehead atoms. The Bertz CT molecular complexity index is 1040. The van der Waals surface area contributed by atoms with Crippen molar-refractivity contribution in [1.82, 2.24) is 9.47 Å². The van der Waals surface area contributed by atoms with E-state index in [9.17, 15) is 4.39 Å². The van der Waals surface area contributed by atoms with Crippen molar-refractivity contribution in [1.29, 1.82) is 0 Å². The molecule has 1 aromatic heterocycles. The Morgan fingerprint density at radius 1 is 1.03 bits per heavy atom. The normalized spacial score (nSPS) is 15.1. The van der Waals surface area contributed by atoms with Crippen LogP contribution in [-0.4, -0.2) is 23.1 Å². The van der Waals surface area contributed by atoms with E-state index in [1.54, 1.807) is 7.11 Å². The Kier molecular flexibility index (Phi) is 8.03. The Balaban J connectivity index is 0.00000272. The van der Waals surface area contributed by atoms with Gasteiger partial charge < -0.3 is 14.2 Å². The molecule has 3 aromatic rings. The summed E-state index contributed by atoms with van der Waals surface area (Å²) in [7, 11) is 1.70. The van der Waals surface area contributed by atoms with E-state index < -0.39 is 0 Å². The molecule has 0 aliphatic carbocycles. The van der Waals surface area contributed by atoms with Crippen molar-refractivity contribution in [3.63, 3.8) is 0 Å². The van der Waals surface area contributed by atoms with E-state index in [4.69, 9.17) is 4.74 Å². The molecule has 1 aliphatic heterocycles. The lowest BCUT2D eigenvalue weighted by Gasteiger charge is -2.32. The zero-order valence-corrected chi connectivity index (χ0v) is 20.9. The SMILES string of the molecule is CCCCCCN1C=Cc2c(n(Cc3ccc(F)cc3)c3cc(OC)ccc23)C1C.I. The van der Waals surface area contributed by atoms with Gasteiger partial charge in [0.25, 0.3) is 0 Å². The number of methoxy groups -OCH3 is 1. The molecule has 0 fully saturated rings. The topological polar surface area (TPSA) is 17.4 Å². The van der Waals surface area contributed by atoms with Gasteiger partial charge in [0.15, 0.2) is 0 Å². The fourth-order valence-electron chi connectivity index (χ4n) is 4.52. The third kappa shape index (κ3) is 4.92. The van der Waals surface area contributed by atoms with Crippen LogP contribution in [0.4, 0.5) is 4.39 Å². The lowest BCUT2D eigenvalue weighted by atomic mass is 10.0. The van der Waals surface area contributed by atoms with Crippen LogP contribution in [0, 0.1) is 5.82 Å². The van der Waals surface area contributed by atoms with E-state index in [2.05, 4.69) is 47.7 Å². The molecule has 1 aliphatic rings. The summed E-state index contributed by atoms with van der Waals surface area (Å²) in [6, 6.07) is 13.4. The van der Waals surface area contributed by atoms with E-state index in [0.29, 0.717) is 6.54 Å². The summed E-state index contributed by atoms with van der Waals surface area (Å²) >= 11 is 0. The van der Waals surface area contributed by atoms with Gasteiger partial charge in [-0.3, -0.25) is 0 Å². The van der Waals surface area contributed by atoms with Crippen molar-refractivity contribution in [3.05, 3.63) is 71.3 Å². The molecule has 166 valence electrons. The standard InChI is InChI=1S/C26H31FN2O.HI/c1-4-5-6-7-15-28-16-14-24-23-13-12-22(30-3)17-25(23)29(26(24)19(28)2)18-20-8-10-21(27)11-9-20;/h8-14,16-17,19H,4-7,15,18H2,1-3H3;1H. The minimum absolute atomic E-state index is 0. The predicted molar refractivity (Wildman–Crippen MR) is 138 cm³/mol. The van der Waals surface area contributed by atoms with Crippen LogP contribution in [0.3, 0.4) is 0 Å². The summed E-state index contributed by atoms with van der Waals surface area (Å²) in [5.41, 5.74) is 4.86. The number of hydrogen-bond donors (Lipinski definition) is 0. The molecule has 1 unspecified atom stereocenters. The number of aromatic nitrogens is 1. The Morgan fingerprint density at radius 2 is 1.81 bits per heavy atom. The second kappa shape index (κ2) is 10.5. The molecule has 0 N–H and O–H groups in total. The van der Waals surface area contributed by atoms with Gasteiger partial charge in [0.2, 0.25) is 0 Å². The van der Waals surface area contributed by atoms with Crippen LogP contribution in [0.15, 0.2) is 48.7 Å². The van der Waals surface area contributed by atoms with Crippen molar-refractivity contribution in [2.75, 3.05) is 13.7 Å². The summed E-state index contributed by atoms with van der Waals surface area (Å²) in [5.74, 6) is 0.653. The summed E-state index contributed by atoms with van der Waals surface area (Å²) in [6.45, 7) is 6.32. The minimum atomic E-state index is -0.200. The molecule has 2 aromatic carbocycles. The van der Waals surface area contributed by atoms with Gasteiger partial charge in [-0.15, -0.1) is 24.0 Å². The smallest absolute Gasteiger partial charge is 0.123 e. The average molecular weight is 534 g/mol. The molecule has 4 rings (SSSR count). The number of rotatable bonds is 8. The highest BCUT2D eigenvalue weighted by Crippen LogP contribution is 2.39. The van der Waals surface area contributed by atoms with E-state index >= 15 is 0 Å². The van der Waals surface area contributed by atoms with Crippen molar-refractivity contribution in [2.45, 2.75) is 52.1 Å². The maximum absolute atomic E-state index is 13.4. The number of fused-ring (bicyclic) bond motifs is 3. The molecule has 0 radical (unpaired) electrons. The third-order valence-corrected chi connectivity index (χ3v) is 6.20. The van der Waals surface area contributed by atoms with Crippen LogP contribution in [-0.2, 0) is 6.54 Å². The van der Waals surface area contributed by atoms with Gasteiger partial charge in [0.05, 0.1) is 18.7 Å². The maximum Gasteiger partial charge on any atom is 0.123 e. The van der Waals surface area contributed by atoms with Gasteiger partial charge in [-0.05, 0) is 49.2 Å². The van der Waals surface area contributed by atoms with Crippen LogP contribution in [0.5, 0.6) is 5.75 Å². The predicted octanol–water partition coefficient (Wildman–Crippen LogP) is 7.38. The van der Waals surface area contributed by atoms with Gasteiger partial charge in [-0.1, -0.05) is 38.3 Å². The summed E-state index contributed by atoms with van der Waals surface area (Å²) in [5, 5.41) is 1.24. The van der Waals surface area contributed by atoms with E-state index in [1.807, 2.05) is 18.2 Å². The highest BCUT2D eigenvalue weighted by molar-refractivity contribution is 14.0. The average Bonchev–Trinajstić information content (AvgIpc) is 3.07. The quantitative estimate of drug-likeness (QED) is 0.222. The molecule has 1 atom stereocenters. The highest BCUT2D eigenvalue weighted by atomic mass is 127. The summed E-state index contributed by atoms with van der Waals surface area (Å²) < 4.78 is 21.3. The van der Waals surface area contributed by atoms with E-state index in [1.165, 1.54) is 54.5 Å². The van der Waals surface area contributed by atoms with E-state index in [0.717, 1.165) is 23.4 Å². The molecule has 0 saturated heterocycles. The summed E-state index contributed by atoms with van der Waals surface area (Å²) in [4.78, 5) is 2.45. The first kappa shape index (κ1) is 23.6. The van der Waals surface area contributed by atoms with Crippen LogP contribution in [0.25, 0.3) is 17.0 Å².